The molecule has 0 aromatic rings. The minimum atomic E-state index is -0.405. The van der Waals surface area contributed by atoms with Gasteiger partial charge in [0, 0.05) is 6.04 Å². The summed E-state index contributed by atoms with van der Waals surface area (Å²) in [4.78, 5) is 16.2. The van der Waals surface area contributed by atoms with E-state index in [1.54, 1.807) is 0 Å². The van der Waals surface area contributed by atoms with E-state index < -0.39 is 6.09 Å². The fraction of sp³-hybridized carbons (Fsp3) is 0.923. The Bertz CT molecular complexity index is 319. The lowest BCUT2D eigenvalue weighted by atomic mass is 9.80. The molecule has 6 nitrogen and oxygen atoms in total. The Balaban J connectivity index is 0.00000200. The van der Waals surface area contributed by atoms with Gasteiger partial charge in [0.2, 0.25) is 0 Å². The van der Waals surface area contributed by atoms with Gasteiger partial charge in [-0.15, -0.1) is 12.4 Å². The first-order chi connectivity index (χ1) is 9.11. The van der Waals surface area contributed by atoms with Gasteiger partial charge in [-0.3, -0.25) is 4.84 Å². The van der Waals surface area contributed by atoms with Gasteiger partial charge in [0.1, 0.15) is 6.10 Å². The van der Waals surface area contributed by atoms with Gasteiger partial charge in [0.15, 0.2) is 0 Å². The van der Waals surface area contributed by atoms with Crippen molar-refractivity contribution in [3.05, 3.63) is 0 Å². The average molecular weight is 309 g/mol. The molecule has 3 N–H and O–H groups in total. The van der Waals surface area contributed by atoms with Crippen molar-refractivity contribution in [1.29, 1.82) is 0 Å². The van der Waals surface area contributed by atoms with Crippen LogP contribution in [0.4, 0.5) is 4.79 Å². The van der Waals surface area contributed by atoms with Crippen LogP contribution in [0.5, 0.6) is 0 Å². The number of carbonyl (C=O) groups excluding carboxylic acids is 1. The van der Waals surface area contributed by atoms with Crippen LogP contribution in [0.2, 0.25) is 0 Å². The first-order valence-electron chi connectivity index (χ1n) is 7.07. The summed E-state index contributed by atoms with van der Waals surface area (Å²) >= 11 is 0. The van der Waals surface area contributed by atoms with Crippen LogP contribution in [-0.2, 0) is 9.57 Å². The quantitative estimate of drug-likeness (QED) is 0.803. The highest BCUT2D eigenvalue weighted by Crippen LogP contribution is 2.28. The molecule has 0 aromatic heterocycles. The van der Waals surface area contributed by atoms with Crippen LogP contribution in [-0.4, -0.2) is 48.2 Å². The number of cyclic esters (lactones) is 1. The SMILES string of the molecule is CON1C[C@@H](CCCC2CCCC(O)C2N)OC1=O.Cl. The number of nitrogens with two attached hydrogens (primary N) is 1. The van der Waals surface area contributed by atoms with E-state index in [9.17, 15) is 9.90 Å². The number of hydroxylamine groups is 2. The molecular formula is C13H25ClN2O4. The molecule has 1 heterocycles. The summed E-state index contributed by atoms with van der Waals surface area (Å²) in [5, 5.41) is 11.0. The van der Waals surface area contributed by atoms with E-state index in [2.05, 4.69) is 0 Å². The summed E-state index contributed by atoms with van der Waals surface area (Å²) in [7, 11) is 1.46. The van der Waals surface area contributed by atoms with E-state index in [1.807, 2.05) is 0 Å². The molecule has 4 atom stereocenters. The summed E-state index contributed by atoms with van der Waals surface area (Å²) < 4.78 is 5.18. The number of amides is 1. The fourth-order valence-corrected chi connectivity index (χ4v) is 3.03. The third kappa shape index (κ3) is 4.22. The molecule has 0 spiro atoms. The number of aliphatic hydroxyl groups is 1. The molecule has 1 saturated heterocycles. The molecule has 118 valence electrons. The van der Waals surface area contributed by atoms with Crippen LogP contribution in [0, 0.1) is 5.92 Å². The maximum atomic E-state index is 11.3. The molecule has 0 bridgehead atoms. The highest BCUT2D eigenvalue weighted by Gasteiger charge is 2.32. The first-order valence-corrected chi connectivity index (χ1v) is 7.07. The van der Waals surface area contributed by atoms with Gasteiger partial charge in [-0.05, 0) is 38.0 Å². The summed E-state index contributed by atoms with van der Waals surface area (Å²) in [6.07, 6.45) is 4.88. The Labute approximate surface area is 125 Å². The number of ether oxygens (including phenoxy) is 1. The molecule has 7 heteroatoms. The second kappa shape index (κ2) is 8.02. The topological polar surface area (TPSA) is 85.0 Å². The van der Waals surface area contributed by atoms with Crippen LogP contribution in [0.1, 0.15) is 38.5 Å². The van der Waals surface area contributed by atoms with Crippen molar-refractivity contribution in [1.82, 2.24) is 5.06 Å². The van der Waals surface area contributed by atoms with Gasteiger partial charge in [0.25, 0.3) is 0 Å². The van der Waals surface area contributed by atoms with Crippen LogP contribution in [0.25, 0.3) is 0 Å². The Hall–Kier alpha value is -0.560. The minimum Gasteiger partial charge on any atom is -0.443 e. The van der Waals surface area contributed by atoms with E-state index in [1.165, 1.54) is 12.2 Å². The van der Waals surface area contributed by atoms with E-state index in [0.29, 0.717) is 12.5 Å². The van der Waals surface area contributed by atoms with Gasteiger partial charge >= 0.3 is 6.09 Å². The number of carbonyl (C=O) groups is 1. The molecule has 0 aromatic carbocycles. The molecule has 2 rings (SSSR count). The zero-order valence-corrected chi connectivity index (χ0v) is 12.7. The largest absolute Gasteiger partial charge is 0.443 e. The van der Waals surface area contributed by atoms with Crippen LogP contribution in [0.3, 0.4) is 0 Å². The highest BCUT2D eigenvalue weighted by atomic mass is 35.5. The lowest BCUT2D eigenvalue weighted by Crippen LogP contribution is -2.44. The first kappa shape index (κ1) is 17.5. The zero-order valence-electron chi connectivity index (χ0n) is 11.9. The van der Waals surface area contributed by atoms with Crippen molar-refractivity contribution in [2.75, 3.05) is 13.7 Å². The zero-order chi connectivity index (χ0) is 13.8. The smallest absolute Gasteiger partial charge is 0.434 e. The number of aliphatic hydroxyl groups excluding tert-OH is 1. The molecule has 1 saturated carbocycles. The van der Waals surface area contributed by atoms with Gasteiger partial charge in [-0.1, -0.05) is 6.42 Å². The average Bonchev–Trinajstić information content (AvgIpc) is 2.75. The molecule has 2 fully saturated rings. The maximum Gasteiger partial charge on any atom is 0.434 e. The van der Waals surface area contributed by atoms with Crippen LogP contribution < -0.4 is 5.73 Å². The van der Waals surface area contributed by atoms with Crippen molar-refractivity contribution in [3.63, 3.8) is 0 Å². The summed E-state index contributed by atoms with van der Waals surface area (Å²) in [6, 6.07) is -0.102. The molecular weight excluding hydrogens is 284 g/mol. The van der Waals surface area contributed by atoms with Gasteiger partial charge in [-0.25, -0.2) is 4.79 Å². The number of hydrogen-bond acceptors (Lipinski definition) is 5. The number of rotatable bonds is 5. The minimum absolute atomic E-state index is 0. The van der Waals surface area contributed by atoms with Crippen molar-refractivity contribution in [2.45, 2.75) is 56.8 Å². The normalized spacial score (nSPS) is 33.8. The molecule has 3 unspecified atom stereocenters. The standard InChI is InChI=1S/C13H24N2O4.ClH/c1-18-15-8-10(19-13(15)17)6-2-4-9-5-3-7-11(16)12(9)14;/h9-12,16H,2-8,14H2,1H3;1H/t9?,10-,11?,12?;/m1./s1. The van der Waals surface area contributed by atoms with E-state index in [0.717, 1.165) is 38.5 Å². The summed E-state index contributed by atoms with van der Waals surface area (Å²) in [5.41, 5.74) is 6.02. The predicted octanol–water partition coefficient (Wildman–Crippen LogP) is 1.45. The van der Waals surface area contributed by atoms with E-state index in [4.69, 9.17) is 15.3 Å². The van der Waals surface area contributed by atoms with Crippen molar-refractivity contribution >= 4 is 18.5 Å². The predicted molar refractivity (Wildman–Crippen MR) is 76.4 cm³/mol. The number of hydrogen-bond donors (Lipinski definition) is 2. The van der Waals surface area contributed by atoms with Crippen molar-refractivity contribution in [2.24, 2.45) is 11.7 Å². The number of halogens is 1. The summed E-state index contributed by atoms with van der Waals surface area (Å²) in [5.74, 6) is 0.388. The highest BCUT2D eigenvalue weighted by molar-refractivity contribution is 5.85. The van der Waals surface area contributed by atoms with Gasteiger partial charge in [0.05, 0.1) is 19.8 Å². The second-order valence-electron chi connectivity index (χ2n) is 5.52. The monoisotopic (exact) mass is 308 g/mol. The van der Waals surface area contributed by atoms with Crippen LogP contribution in [0.15, 0.2) is 0 Å². The molecule has 2 aliphatic rings. The second-order valence-corrected chi connectivity index (χ2v) is 5.52. The fourth-order valence-electron chi connectivity index (χ4n) is 3.03. The lowest BCUT2D eigenvalue weighted by molar-refractivity contribution is -0.0759. The third-order valence-corrected chi connectivity index (χ3v) is 4.23. The third-order valence-electron chi connectivity index (χ3n) is 4.23. The lowest BCUT2D eigenvalue weighted by Gasteiger charge is -2.33. The Morgan fingerprint density at radius 2 is 2.20 bits per heavy atom. The molecule has 1 aliphatic carbocycles. The molecule has 0 radical (unpaired) electrons. The molecule has 20 heavy (non-hydrogen) atoms. The molecule has 1 aliphatic heterocycles. The van der Waals surface area contributed by atoms with E-state index >= 15 is 0 Å². The Morgan fingerprint density at radius 3 is 2.85 bits per heavy atom. The van der Waals surface area contributed by atoms with Gasteiger partial charge < -0.3 is 15.6 Å². The Kier molecular flexibility index (Phi) is 7.02. The Morgan fingerprint density at radius 1 is 1.45 bits per heavy atom. The van der Waals surface area contributed by atoms with Crippen molar-refractivity contribution in [3.8, 4) is 0 Å². The van der Waals surface area contributed by atoms with E-state index in [-0.39, 0.29) is 30.7 Å². The maximum absolute atomic E-state index is 11.3. The number of nitrogens with zero attached hydrogens (tertiary/aromatic N) is 1. The van der Waals surface area contributed by atoms with Crippen molar-refractivity contribution < 1.29 is 19.5 Å². The van der Waals surface area contributed by atoms with Gasteiger partial charge in [-0.2, -0.15) is 5.06 Å². The molecule has 1 amide bonds. The van der Waals surface area contributed by atoms with Crippen LogP contribution >= 0.6 is 12.4 Å². The summed E-state index contributed by atoms with van der Waals surface area (Å²) in [6.45, 7) is 0.495.